The average molecular weight is 276 g/mol. The predicted octanol–water partition coefficient (Wildman–Crippen LogP) is 2.96. The molecule has 1 amide bonds. The fourth-order valence-corrected chi connectivity index (χ4v) is 2.53. The molecule has 0 aromatic heterocycles. The number of hydrogen-bond donors (Lipinski definition) is 0. The van der Waals surface area contributed by atoms with Crippen LogP contribution in [0.1, 0.15) is 38.2 Å². The Hall–Kier alpha value is -1.91. The van der Waals surface area contributed by atoms with Crippen LogP contribution in [0.15, 0.2) is 24.3 Å². The molecule has 1 aromatic carbocycles. The van der Waals surface area contributed by atoms with Crippen molar-refractivity contribution >= 4 is 11.6 Å². The SMILES string of the molecule is CC1CCN(C(=O)[C@@H](C)c2ccc([N+](=O)[O-])cc2)CC1. The second-order valence-electron chi connectivity index (χ2n) is 5.58. The van der Waals surface area contributed by atoms with Gasteiger partial charge in [-0.3, -0.25) is 14.9 Å². The summed E-state index contributed by atoms with van der Waals surface area (Å²) in [6, 6.07) is 6.26. The number of carbonyl (C=O) groups is 1. The fourth-order valence-electron chi connectivity index (χ4n) is 2.53. The molecule has 0 radical (unpaired) electrons. The van der Waals surface area contributed by atoms with Crippen molar-refractivity contribution in [1.29, 1.82) is 0 Å². The highest BCUT2D eigenvalue weighted by molar-refractivity contribution is 5.83. The maximum Gasteiger partial charge on any atom is 0.269 e. The maximum atomic E-state index is 12.4. The highest BCUT2D eigenvalue weighted by Gasteiger charge is 2.25. The summed E-state index contributed by atoms with van der Waals surface area (Å²) in [5.74, 6) is 0.559. The Bertz CT molecular complexity index is 490. The Morgan fingerprint density at radius 3 is 2.35 bits per heavy atom. The number of hydrogen-bond acceptors (Lipinski definition) is 3. The van der Waals surface area contributed by atoms with Crippen LogP contribution in [0, 0.1) is 16.0 Å². The first-order valence-corrected chi connectivity index (χ1v) is 7.02. The van der Waals surface area contributed by atoms with Crippen molar-refractivity contribution in [3.8, 4) is 0 Å². The van der Waals surface area contributed by atoms with Gasteiger partial charge in [-0.25, -0.2) is 0 Å². The molecule has 1 saturated heterocycles. The summed E-state index contributed by atoms with van der Waals surface area (Å²) in [7, 11) is 0. The number of carbonyl (C=O) groups excluding carboxylic acids is 1. The van der Waals surface area contributed by atoms with Crippen molar-refractivity contribution in [2.75, 3.05) is 13.1 Å². The van der Waals surface area contributed by atoms with Gasteiger partial charge in [-0.15, -0.1) is 0 Å². The average Bonchev–Trinajstić information content (AvgIpc) is 2.46. The second kappa shape index (κ2) is 6.03. The number of amides is 1. The number of nitro benzene ring substituents is 1. The van der Waals surface area contributed by atoms with Crippen molar-refractivity contribution in [1.82, 2.24) is 4.90 Å². The van der Waals surface area contributed by atoms with Crippen molar-refractivity contribution < 1.29 is 9.72 Å². The summed E-state index contributed by atoms with van der Waals surface area (Å²) in [6.07, 6.45) is 2.11. The van der Waals surface area contributed by atoms with Gasteiger partial charge in [-0.05, 0) is 31.2 Å². The van der Waals surface area contributed by atoms with Gasteiger partial charge in [0.05, 0.1) is 10.8 Å². The third kappa shape index (κ3) is 3.15. The van der Waals surface area contributed by atoms with Crippen LogP contribution in [0.2, 0.25) is 0 Å². The molecule has 1 fully saturated rings. The van der Waals surface area contributed by atoms with Crippen LogP contribution in [0.5, 0.6) is 0 Å². The monoisotopic (exact) mass is 276 g/mol. The first kappa shape index (κ1) is 14.5. The molecule has 20 heavy (non-hydrogen) atoms. The smallest absolute Gasteiger partial charge is 0.269 e. The van der Waals surface area contributed by atoms with Crippen LogP contribution in [0.4, 0.5) is 5.69 Å². The van der Waals surface area contributed by atoms with E-state index in [9.17, 15) is 14.9 Å². The van der Waals surface area contributed by atoms with Gasteiger partial charge in [0, 0.05) is 25.2 Å². The summed E-state index contributed by atoms with van der Waals surface area (Å²) < 4.78 is 0. The number of likely N-dealkylation sites (tertiary alicyclic amines) is 1. The lowest BCUT2D eigenvalue weighted by atomic mass is 9.95. The van der Waals surface area contributed by atoms with Gasteiger partial charge in [0.25, 0.3) is 5.69 Å². The minimum Gasteiger partial charge on any atom is -0.342 e. The zero-order chi connectivity index (χ0) is 14.7. The van der Waals surface area contributed by atoms with Gasteiger partial charge in [-0.1, -0.05) is 19.1 Å². The van der Waals surface area contributed by atoms with Gasteiger partial charge in [0.2, 0.25) is 5.91 Å². The van der Waals surface area contributed by atoms with E-state index in [1.54, 1.807) is 12.1 Å². The first-order chi connectivity index (χ1) is 9.49. The largest absolute Gasteiger partial charge is 0.342 e. The van der Waals surface area contributed by atoms with E-state index in [2.05, 4.69) is 6.92 Å². The van der Waals surface area contributed by atoms with E-state index in [1.165, 1.54) is 12.1 Å². The van der Waals surface area contributed by atoms with Crippen LogP contribution >= 0.6 is 0 Å². The van der Waals surface area contributed by atoms with Gasteiger partial charge in [0.15, 0.2) is 0 Å². The summed E-state index contributed by atoms with van der Waals surface area (Å²) >= 11 is 0. The van der Waals surface area contributed by atoms with Gasteiger partial charge < -0.3 is 4.90 Å². The standard InChI is InChI=1S/C15H20N2O3/c1-11-7-9-16(10-8-11)15(18)12(2)13-3-5-14(6-4-13)17(19)20/h3-6,11-12H,7-10H2,1-2H3/t12-/m0/s1. The topological polar surface area (TPSA) is 63.5 Å². The number of rotatable bonds is 3. The Morgan fingerprint density at radius 1 is 1.30 bits per heavy atom. The molecular weight excluding hydrogens is 256 g/mol. The molecule has 0 N–H and O–H groups in total. The molecule has 108 valence electrons. The van der Waals surface area contributed by atoms with Crippen molar-refractivity contribution in [2.45, 2.75) is 32.6 Å². The second-order valence-corrected chi connectivity index (χ2v) is 5.58. The van der Waals surface area contributed by atoms with Gasteiger partial charge in [-0.2, -0.15) is 0 Å². The molecular formula is C15H20N2O3. The molecule has 1 atom stereocenters. The highest BCUT2D eigenvalue weighted by atomic mass is 16.6. The van der Waals surface area contributed by atoms with E-state index in [-0.39, 0.29) is 17.5 Å². The molecule has 0 spiro atoms. The van der Waals surface area contributed by atoms with E-state index in [4.69, 9.17) is 0 Å². The van der Waals surface area contributed by atoms with Crippen LogP contribution in [-0.4, -0.2) is 28.8 Å². The van der Waals surface area contributed by atoms with Gasteiger partial charge >= 0.3 is 0 Å². The van der Waals surface area contributed by atoms with E-state index in [1.807, 2.05) is 11.8 Å². The number of piperidine rings is 1. The Morgan fingerprint density at radius 2 is 1.85 bits per heavy atom. The molecule has 0 bridgehead atoms. The van der Waals surface area contributed by atoms with E-state index < -0.39 is 4.92 Å². The molecule has 1 aromatic rings. The summed E-state index contributed by atoms with van der Waals surface area (Å²) in [5.41, 5.74) is 0.888. The van der Waals surface area contributed by atoms with E-state index in [0.717, 1.165) is 31.5 Å². The Kier molecular flexibility index (Phi) is 4.37. The van der Waals surface area contributed by atoms with Crippen molar-refractivity contribution in [3.05, 3.63) is 39.9 Å². The Labute approximate surface area is 118 Å². The van der Waals surface area contributed by atoms with Crippen LogP contribution < -0.4 is 0 Å². The quantitative estimate of drug-likeness (QED) is 0.629. The van der Waals surface area contributed by atoms with Crippen LogP contribution in [-0.2, 0) is 4.79 Å². The number of benzene rings is 1. The number of non-ortho nitro benzene ring substituents is 1. The number of nitrogens with zero attached hydrogens (tertiary/aromatic N) is 2. The molecule has 5 nitrogen and oxygen atoms in total. The normalized spacial score (nSPS) is 17.8. The van der Waals surface area contributed by atoms with E-state index >= 15 is 0 Å². The summed E-state index contributed by atoms with van der Waals surface area (Å²) in [4.78, 5) is 24.5. The van der Waals surface area contributed by atoms with Crippen molar-refractivity contribution in [3.63, 3.8) is 0 Å². The minimum atomic E-state index is -0.428. The third-order valence-electron chi connectivity index (χ3n) is 4.07. The zero-order valence-electron chi connectivity index (χ0n) is 11.9. The van der Waals surface area contributed by atoms with Gasteiger partial charge in [0.1, 0.15) is 0 Å². The number of nitro groups is 1. The molecule has 1 aliphatic heterocycles. The molecule has 0 aliphatic carbocycles. The Balaban J connectivity index is 2.04. The minimum absolute atomic E-state index is 0.0557. The molecule has 0 unspecified atom stereocenters. The van der Waals surface area contributed by atoms with Crippen molar-refractivity contribution in [2.24, 2.45) is 5.92 Å². The highest BCUT2D eigenvalue weighted by Crippen LogP contribution is 2.24. The molecule has 0 saturated carbocycles. The first-order valence-electron chi connectivity index (χ1n) is 7.02. The summed E-state index contributed by atoms with van der Waals surface area (Å²) in [6.45, 7) is 5.71. The predicted molar refractivity (Wildman–Crippen MR) is 76.5 cm³/mol. The fraction of sp³-hybridized carbons (Fsp3) is 0.533. The van der Waals surface area contributed by atoms with Crippen LogP contribution in [0.3, 0.4) is 0 Å². The maximum absolute atomic E-state index is 12.4. The lowest BCUT2D eigenvalue weighted by Gasteiger charge is -2.32. The van der Waals surface area contributed by atoms with Crippen LogP contribution in [0.25, 0.3) is 0 Å². The molecule has 5 heteroatoms. The lowest BCUT2D eigenvalue weighted by molar-refractivity contribution is -0.384. The van der Waals surface area contributed by atoms with E-state index in [0.29, 0.717) is 5.92 Å². The zero-order valence-corrected chi connectivity index (χ0v) is 11.9. The third-order valence-corrected chi connectivity index (χ3v) is 4.07. The molecule has 1 aliphatic rings. The lowest BCUT2D eigenvalue weighted by Crippen LogP contribution is -2.40. The summed E-state index contributed by atoms with van der Waals surface area (Å²) in [5, 5.41) is 10.6. The molecule has 1 heterocycles. The molecule has 2 rings (SSSR count).